The fourth-order valence-electron chi connectivity index (χ4n) is 8.72. The van der Waals surface area contributed by atoms with Crippen LogP contribution in [0.4, 0.5) is 0 Å². The van der Waals surface area contributed by atoms with Crippen LogP contribution < -0.4 is 0 Å². The number of thioether (sulfide) groups is 1. The fourth-order valence-corrected chi connectivity index (χ4v) is 10.3. The van der Waals surface area contributed by atoms with Gasteiger partial charge in [0.1, 0.15) is 0 Å². The van der Waals surface area contributed by atoms with Crippen molar-refractivity contribution in [3.05, 3.63) is 23.3 Å². The van der Waals surface area contributed by atoms with Gasteiger partial charge < -0.3 is 15.3 Å². The third kappa shape index (κ3) is 4.59. The van der Waals surface area contributed by atoms with Crippen molar-refractivity contribution in [1.82, 2.24) is 0 Å². The van der Waals surface area contributed by atoms with E-state index >= 15 is 0 Å². The van der Waals surface area contributed by atoms with Crippen molar-refractivity contribution in [2.24, 2.45) is 28.6 Å². The van der Waals surface area contributed by atoms with Gasteiger partial charge in [-0.3, -0.25) is 0 Å². The van der Waals surface area contributed by atoms with Crippen molar-refractivity contribution in [3.63, 3.8) is 0 Å². The number of hydrogen-bond donors (Lipinski definition) is 3. The van der Waals surface area contributed by atoms with Gasteiger partial charge in [0.25, 0.3) is 0 Å². The molecule has 3 saturated carbocycles. The summed E-state index contributed by atoms with van der Waals surface area (Å²) in [7, 11) is 0. The topological polar surface area (TPSA) is 60.7 Å². The summed E-state index contributed by atoms with van der Waals surface area (Å²) in [6, 6.07) is 0. The molecule has 3 nitrogen and oxygen atoms in total. The molecule has 0 radical (unpaired) electrons. The summed E-state index contributed by atoms with van der Waals surface area (Å²) < 4.78 is 0. The maximum Gasteiger partial charge on any atom is 0.0661 e. The van der Waals surface area contributed by atoms with Crippen molar-refractivity contribution >= 4 is 11.8 Å². The fraction of sp³-hybridized carbons (Fsp3) is 0.867. The molecule has 0 aromatic rings. The van der Waals surface area contributed by atoms with Gasteiger partial charge in [-0.25, -0.2) is 0 Å². The van der Waals surface area contributed by atoms with E-state index < -0.39 is 17.8 Å². The molecule has 8 atom stereocenters. The maximum atomic E-state index is 11.1. The molecule has 194 valence electrons. The zero-order valence-electron chi connectivity index (χ0n) is 22.4. The minimum absolute atomic E-state index is 0.202. The van der Waals surface area contributed by atoms with Crippen molar-refractivity contribution < 1.29 is 15.3 Å². The second-order valence-electron chi connectivity index (χ2n) is 12.6. The van der Waals surface area contributed by atoms with Crippen LogP contribution in [0.5, 0.6) is 0 Å². The molecular weight excluding hydrogens is 440 g/mol. The highest BCUT2D eigenvalue weighted by atomic mass is 32.2. The van der Waals surface area contributed by atoms with Crippen LogP contribution in [-0.2, 0) is 0 Å². The lowest BCUT2D eigenvalue weighted by atomic mass is 9.49. The molecule has 0 amide bonds. The summed E-state index contributed by atoms with van der Waals surface area (Å²) in [6.45, 7) is 11.6. The molecule has 0 spiro atoms. The Kier molecular flexibility index (Phi) is 8.05. The van der Waals surface area contributed by atoms with Gasteiger partial charge in [0.05, 0.1) is 17.8 Å². The zero-order valence-corrected chi connectivity index (χ0v) is 23.2. The van der Waals surface area contributed by atoms with Crippen LogP contribution in [0.15, 0.2) is 23.3 Å². The normalized spacial score (nSPS) is 40.6. The van der Waals surface area contributed by atoms with Gasteiger partial charge in [-0.2, -0.15) is 11.8 Å². The molecule has 3 fully saturated rings. The largest absolute Gasteiger partial charge is 0.393 e. The summed E-state index contributed by atoms with van der Waals surface area (Å²) in [4.78, 5) is 0. The molecule has 0 saturated heterocycles. The Morgan fingerprint density at radius 1 is 1.03 bits per heavy atom. The van der Waals surface area contributed by atoms with Crippen molar-refractivity contribution in [2.45, 2.75) is 128 Å². The molecule has 4 heteroatoms. The molecule has 3 N–H and O–H groups in total. The number of rotatable bonds is 9. The third-order valence-electron chi connectivity index (χ3n) is 10.7. The molecule has 0 bridgehead atoms. The minimum Gasteiger partial charge on any atom is -0.393 e. The predicted octanol–water partition coefficient (Wildman–Crippen LogP) is 6.66. The Balaban J connectivity index is 1.45. The van der Waals surface area contributed by atoms with Crippen LogP contribution in [0.1, 0.15) is 105 Å². The van der Waals surface area contributed by atoms with E-state index in [9.17, 15) is 15.3 Å². The van der Waals surface area contributed by atoms with Gasteiger partial charge in [0, 0.05) is 17.1 Å². The van der Waals surface area contributed by atoms with Crippen LogP contribution in [0.2, 0.25) is 0 Å². The Bertz CT molecular complexity index is 784. The van der Waals surface area contributed by atoms with Gasteiger partial charge in [-0.15, -0.1) is 0 Å². The van der Waals surface area contributed by atoms with Crippen molar-refractivity contribution in [2.75, 3.05) is 5.75 Å². The predicted molar refractivity (Wildman–Crippen MR) is 144 cm³/mol. The number of fused-ring (bicyclic) bond motifs is 5. The highest BCUT2D eigenvalue weighted by molar-refractivity contribution is 7.99. The minimum atomic E-state index is -0.475. The van der Waals surface area contributed by atoms with Gasteiger partial charge in [0.2, 0.25) is 0 Å². The lowest BCUT2D eigenvalue weighted by molar-refractivity contribution is -0.0526. The first kappa shape index (κ1) is 26.8. The monoisotopic (exact) mass is 490 g/mol. The molecule has 0 aliphatic heterocycles. The lowest BCUT2D eigenvalue weighted by Crippen LogP contribution is -2.52. The van der Waals surface area contributed by atoms with E-state index in [-0.39, 0.29) is 5.41 Å². The van der Waals surface area contributed by atoms with E-state index in [0.717, 1.165) is 44.3 Å². The second-order valence-corrected chi connectivity index (χ2v) is 14.1. The van der Waals surface area contributed by atoms with E-state index in [1.165, 1.54) is 24.8 Å². The third-order valence-corrected chi connectivity index (χ3v) is 12.0. The summed E-state index contributed by atoms with van der Waals surface area (Å²) in [5, 5.41) is 33.0. The summed E-state index contributed by atoms with van der Waals surface area (Å²) in [5.74, 6) is 2.81. The summed E-state index contributed by atoms with van der Waals surface area (Å²) >= 11 is 2.09. The van der Waals surface area contributed by atoms with Gasteiger partial charge in [-0.1, -0.05) is 70.8 Å². The Hall–Kier alpha value is -0.290. The SMILES string of the molecule is CCCC(O)(CCC)CCS[C@H](C)[C@H]1CC[C@H]2C3=CC=C4C[C@@H](O)C[C@H](O)[C@]4(C)[C@H]3CC[C@]12C. The first-order valence-corrected chi connectivity index (χ1v) is 15.2. The maximum absolute atomic E-state index is 11.1. The Morgan fingerprint density at radius 2 is 1.74 bits per heavy atom. The Morgan fingerprint density at radius 3 is 2.41 bits per heavy atom. The summed E-state index contributed by atoms with van der Waals surface area (Å²) in [5.41, 5.74) is 2.51. The summed E-state index contributed by atoms with van der Waals surface area (Å²) in [6.07, 6.45) is 14.9. The average Bonchev–Trinajstić information content (AvgIpc) is 3.12. The number of hydrogen-bond acceptors (Lipinski definition) is 4. The zero-order chi connectivity index (χ0) is 24.7. The van der Waals surface area contributed by atoms with Crippen LogP contribution in [-0.4, -0.2) is 44.1 Å². The van der Waals surface area contributed by atoms with Crippen molar-refractivity contribution in [3.8, 4) is 0 Å². The Labute approximate surface area is 212 Å². The van der Waals surface area contributed by atoms with E-state index in [4.69, 9.17) is 0 Å². The molecule has 4 rings (SSSR count). The molecule has 4 aliphatic rings. The molecule has 0 aromatic heterocycles. The number of aliphatic hydroxyl groups excluding tert-OH is 2. The molecule has 4 aliphatic carbocycles. The average molecular weight is 491 g/mol. The van der Waals surface area contributed by atoms with Crippen LogP contribution in [0.3, 0.4) is 0 Å². The lowest BCUT2D eigenvalue weighted by Gasteiger charge is -2.56. The first-order chi connectivity index (χ1) is 16.1. The molecule has 0 aromatic carbocycles. The molecule has 34 heavy (non-hydrogen) atoms. The molecule has 0 unspecified atom stereocenters. The highest BCUT2D eigenvalue weighted by Gasteiger charge is 2.58. The van der Waals surface area contributed by atoms with Gasteiger partial charge in [-0.05, 0) is 80.3 Å². The van der Waals surface area contributed by atoms with Crippen LogP contribution in [0.25, 0.3) is 0 Å². The van der Waals surface area contributed by atoms with Crippen molar-refractivity contribution in [1.29, 1.82) is 0 Å². The van der Waals surface area contributed by atoms with E-state index in [1.807, 2.05) is 0 Å². The number of allylic oxidation sites excluding steroid dienone is 3. The van der Waals surface area contributed by atoms with Gasteiger partial charge in [0.15, 0.2) is 0 Å². The molecule has 0 heterocycles. The van der Waals surface area contributed by atoms with E-state index in [1.54, 1.807) is 5.57 Å². The quantitative estimate of drug-likeness (QED) is 0.338. The standard InChI is InChI=1S/C30H50O3S/c1-6-13-30(33,14-7-2)16-17-34-20(3)24-10-11-25-23-9-8-21-18-22(31)19-27(32)29(21,5)26(23)12-15-28(24,25)4/h8-9,20,22,24-27,31-33H,6-7,10-19H2,1-5H3/t20-,22-,24-,25+,26+,27+,28-,29+/m1/s1. The first-order valence-electron chi connectivity index (χ1n) is 14.2. The molecular formula is C30H50O3S. The van der Waals surface area contributed by atoms with Crippen LogP contribution >= 0.6 is 11.8 Å². The number of aliphatic hydroxyl groups is 3. The second kappa shape index (κ2) is 10.2. The van der Waals surface area contributed by atoms with E-state index in [2.05, 4.69) is 58.5 Å². The van der Waals surface area contributed by atoms with Gasteiger partial charge >= 0.3 is 0 Å². The van der Waals surface area contributed by atoms with Crippen LogP contribution in [0, 0.1) is 28.6 Å². The highest BCUT2D eigenvalue weighted by Crippen LogP contribution is 2.66. The smallest absolute Gasteiger partial charge is 0.0661 e. The van der Waals surface area contributed by atoms with E-state index in [0.29, 0.717) is 41.3 Å².